The molecule has 0 amide bonds. The Morgan fingerprint density at radius 3 is 2.73 bits per heavy atom. The lowest BCUT2D eigenvalue weighted by Gasteiger charge is -2.29. The average molecular weight is 210 g/mol. The number of nitrogens with zero attached hydrogens (tertiary/aromatic N) is 1. The molecule has 2 rings (SSSR count). The molecule has 0 aromatic heterocycles. The maximum Gasteiger partial charge on any atom is 0.0736 e. The molecule has 0 bridgehead atoms. The first kappa shape index (κ1) is 11.4. The van der Waals surface area contributed by atoms with Gasteiger partial charge >= 0.3 is 0 Å². The van der Waals surface area contributed by atoms with E-state index < -0.39 is 0 Å². The monoisotopic (exact) mass is 210 g/mol. The maximum atomic E-state index is 5.74. The summed E-state index contributed by atoms with van der Waals surface area (Å²) in [6.45, 7) is 3.10. The lowest BCUT2D eigenvalue weighted by Crippen LogP contribution is -2.38. The summed E-state index contributed by atoms with van der Waals surface area (Å²) < 4.78 is 0. The smallest absolute Gasteiger partial charge is 0.0736 e. The minimum absolute atomic E-state index is 0.461. The molecule has 1 heterocycles. The van der Waals surface area contributed by atoms with Gasteiger partial charge in [0.1, 0.15) is 0 Å². The Bertz CT molecular complexity index is 178. The van der Waals surface area contributed by atoms with Gasteiger partial charge < -0.3 is 11.1 Å². The molecule has 15 heavy (non-hydrogen) atoms. The molecule has 2 aliphatic rings. The zero-order valence-corrected chi connectivity index (χ0v) is 9.62. The summed E-state index contributed by atoms with van der Waals surface area (Å²) in [5.41, 5.74) is 5.74. The molecular weight excluding hydrogens is 186 g/mol. The van der Waals surface area contributed by atoms with E-state index in [1.54, 1.807) is 0 Å². The van der Waals surface area contributed by atoms with E-state index in [2.05, 4.69) is 10.6 Å². The van der Waals surface area contributed by atoms with Gasteiger partial charge in [0.25, 0.3) is 0 Å². The van der Waals surface area contributed by atoms with Crippen LogP contribution in [0.5, 0.6) is 0 Å². The summed E-state index contributed by atoms with van der Waals surface area (Å²) in [5.74, 6) is 1.63. The molecule has 0 spiro atoms. The summed E-state index contributed by atoms with van der Waals surface area (Å²) in [5, 5.41) is 8.11. The Labute approximate surface area is 93.2 Å². The van der Waals surface area contributed by atoms with Crippen molar-refractivity contribution in [2.45, 2.75) is 44.7 Å². The van der Waals surface area contributed by atoms with Gasteiger partial charge in [-0.05, 0) is 57.0 Å². The Hall–Kier alpha value is -0.120. The zero-order valence-electron chi connectivity index (χ0n) is 9.62. The zero-order chi connectivity index (χ0) is 10.5. The molecular formula is C12H24N3. The summed E-state index contributed by atoms with van der Waals surface area (Å²) in [6, 6.07) is 0. The van der Waals surface area contributed by atoms with Crippen molar-refractivity contribution in [3.63, 3.8) is 0 Å². The molecule has 0 aromatic rings. The molecule has 3 N–H and O–H groups in total. The average Bonchev–Trinajstić information content (AvgIpc) is 2.79. The molecule has 1 aliphatic heterocycles. The van der Waals surface area contributed by atoms with E-state index in [4.69, 9.17) is 5.73 Å². The fourth-order valence-corrected chi connectivity index (χ4v) is 2.89. The van der Waals surface area contributed by atoms with E-state index >= 15 is 0 Å². The normalized spacial score (nSPS) is 37.0. The second-order valence-electron chi connectivity index (χ2n) is 5.11. The lowest BCUT2D eigenvalue weighted by molar-refractivity contribution is 0.254. The third-order valence-electron chi connectivity index (χ3n) is 3.85. The second-order valence-corrected chi connectivity index (χ2v) is 5.11. The van der Waals surface area contributed by atoms with Gasteiger partial charge in [0.15, 0.2) is 0 Å². The van der Waals surface area contributed by atoms with Crippen LogP contribution in [-0.2, 0) is 0 Å². The van der Waals surface area contributed by atoms with Crippen molar-refractivity contribution in [2.24, 2.45) is 17.6 Å². The van der Waals surface area contributed by atoms with Crippen molar-refractivity contribution in [1.82, 2.24) is 10.6 Å². The van der Waals surface area contributed by atoms with Crippen LogP contribution in [-0.4, -0.2) is 25.8 Å². The highest BCUT2D eigenvalue weighted by atomic mass is 15.1. The third-order valence-corrected chi connectivity index (χ3v) is 3.85. The molecule has 3 heteroatoms. The van der Waals surface area contributed by atoms with Gasteiger partial charge in [-0.25, -0.2) is 5.32 Å². The summed E-state index contributed by atoms with van der Waals surface area (Å²) >= 11 is 0. The number of nitrogens with one attached hydrogen (secondary N) is 1. The number of hydrogen-bond donors (Lipinski definition) is 2. The van der Waals surface area contributed by atoms with Crippen molar-refractivity contribution in [3.8, 4) is 0 Å². The molecule has 1 saturated carbocycles. The van der Waals surface area contributed by atoms with Crippen LogP contribution in [0, 0.1) is 11.8 Å². The van der Waals surface area contributed by atoms with Gasteiger partial charge in [-0.15, -0.1) is 0 Å². The van der Waals surface area contributed by atoms with Gasteiger partial charge in [0.05, 0.1) is 6.17 Å². The molecule has 0 aromatic carbocycles. The number of hydrogen-bond acceptors (Lipinski definition) is 2. The van der Waals surface area contributed by atoms with Gasteiger partial charge in [-0.2, -0.15) is 0 Å². The van der Waals surface area contributed by atoms with Crippen LogP contribution in [0.25, 0.3) is 0 Å². The largest absolute Gasteiger partial charge is 0.330 e. The Balaban J connectivity index is 1.65. The minimum atomic E-state index is 0.461. The molecule has 2 fully saturated rings. The highest BCUT2D eigenvalue weighted by Gasteiger charge is 2.22. The molecule has 3 nitrogen and oxygen atoms in total. The first-order valence-electron chi connectivity index (χ1n) is 6.48. The van der Waals surface area contributed by atoms with E-state index in [0.29, 0.717) is 6.17 Å². The first-order chi connectivity index (χ1) is 7.38. The van der Waals surface area contributed by atoms with Crippen molar-refractivity contribution >= 4 is 0 Å². The SMILES string of the molecule is NCC1CCCC(CNC2CCC[N]2)C1. The van der Waals surface area contributed by atoms with Crippen LogP contribution in [0.1, 0.15) is 38.5 Å². The van der Waals surface area contributed by atoms with E-state index in [0.717, 1.165) is 31.5 Å². The highest BCUT2D eigenvalue weighted by molar-refractivity contribution is 4.78. The van der Waals surface area contributed by atoms with Crippen molar-refractivity contribution in [2.75, 3.05) is 19.6 Å². The van der Waals surface area contributed by atoms with E-state index in [1.807, 2.05) is 0 Å². The van der Waals surface area contributed by atoms with Gasteiger partial charge in [0.2, 0.25) is 0 Å². The Morgan fingerprint density at radius 1 is 1.13 bits per heavy atom. The summed E-state index contributed by atoms with van der Waals surface area (Å²) in [6.07, 6.45) is 8.41. The van der Waals surface area contributed by atoms with Crippen LogP contribution in [0.3, 0.4) is 0 Å². The van der Waals surface area contributed by atoms with Crippen LogP contribution in [0.2, 0.25) is 0 Å². The molecule has 1 saturated heterocycles. The maximum absolute atomic E-state index is 5.74. The highest BCUT2D eigenvalue weighted by Crippen LogP contribution is 2.27. The van der Waals surface area contributed by atoms with Crippen molar-refractivity contribution in [1.29, 1.82) is 0 Å². The van der Waals surface area contributed by atoms with Gasteiger partial charge in [-0.1, -0.05) is 6.42 Å². The quantitative estimate of drug-likeness (QED) is 0.729. The predicted molar refractivity (Wildman–Crippen MR) is 62.5 cm³/mol. The van der Waals surface area contributed by atoms with E-state index in [1.165, 1.54) is 38.5 Å². The molecule has 1 radical (unpaired) electrons. The van der Waals surface area contributed by atoms with Gasteiger partial charge in [-0.3, -0.25) is 0 Å². The number of rotatable bonds is 4. The summed E-state index contributed by atoms with van der Waals surface area (Å²) in [4.78, 5) is 0. The van der Waals surface area contributed by atoms with Crippen molar-refractivity contribution < 1.29 is 0 Å². The Morgan fingerprint density at radius 2 is 2.00 bits per heavy atom. The molecule has 87 valence electrons. The van der Waals surface area contributed by atoms with Crippen LogP contribution in [0.15, 0.2) is 0 Å². The number of nitrogens with two attached hydrogens (primary N) is 1. The van der Waals surface area contributed by atoms with E-state index in [9.17, 15) is 0 Å². The third kappa shape index (κ3) is 3.44. The Kier molecular flexibility index (Phi) is 4.42. The molecule has 1 aliphatic carbocycles. The fraction of sp³-hybridized carbons (Fsp3) is 1.00. The molecule has 3 atom stereocenters. The minimum Gasteiger partial charge on any atom is -0.330 e. The van der Waals surface area contributed by atoms with E-state index in [-0.39, 0.29) is 0 Å². The van der Waals surface area contributed by atoms with Crippen LogP contribution in [0.4, 0.5) is 0 Å². The standard InChI is InChI=1S/C12H24N3/c13-8-10-3-1-4-11(7-10)9-15-12-5-2-6-14-12/h10-12,15H,1-9,13H2. The fourth-order valence-electron chi connectivity index (χ4n) is 2.89. The summed E-state index contributed by atoms with van der Waals surface area (Å²) in [7, 11) is 0. The topological polar surface area (TPSA) is 52.1 Å². The predicted octanol–water partition coefficient (Wildman–Crippen LogP) is 1.07. The second kappa shape index (κ2) is 5.83. The van der Waals surface area contributed by atoms with Crippen LogP contribution < -0.4 is 16.4 Å². The van der Waals surface area contributed by atoms with Gasteiger partial charge in [0, 0.05) is 6.54 Å². The van der Waals surface area contributed by atoms with Crippen LogP contribution >= 0.6 is 0 Å². The lowest BCUT2D eigenvalue weighted by atomic mass is 9.81. The molecule has 3 unspecified atom stereocenters. The first-order valence-corrected chi connectivity index (χ1v) is 6.48. The van der Waals surface area contributed by atoms with Crippen molar-refractivity contribution in [3.05, 3.63) is 0 Å².